The van der Waals surface area contributed by atoms with Gasteiger partial charge in [-0.2, -0.15) is 5.48 Å². The summed E-state index contributed by atoms with van der Waals surface area (Å²) in [7, 11) is 0. The third kappa shape index (κ3) is 8.80. The van der Waals surface area contributed by atoms with Crippen LogP contribution in [0.1, 0.15) is 52.8 Å². The quantitative estimate of drug-likeness (QED) is 0.254. The molecule has 0 saturated carbocycles. The van der Waals surface area contributed by atoms with Gasteiger partial charge in [0.1, 0.15) is 0 Å². The number of nitrogens with zero attached hydrogens (tertiary/aromatic N) is 1. The van der Waals surface area contributed by atoms with Crippen LogP contribution in [0.3, 0.4) is 0 Å². The summed E-state index contributed by atoms with van der Waals surface area (Å²) in [6.07, 6.45) is 6.06. The van der Waals surface area contributed by atoms with Gasteiger partial charge in [0.15, 0.2) is 0 Å². The molecule has 3 rings (SSSR count). The van der Waals surface area contributed by atoms with Crippen LogP contribution in [-0.2, 0) is 4.84 Å². The molecule has 8 nitrogen and oxygen atoms in total. The van der Waals surface area contributed by atoms with Crippen LogP contribution in [0.4, 0.5) is 5.69 Å². The molecule has 4 N–H and O–H groups in total. The molecule has 2 amide bonds. The summed E-state index contributed by atoms with van der Waals surface area (Å²) in [4.78, 5) is 32.2. The number of carbonyl (C=O) groups is 2. The maximum Gasteiger partial charge on any atom is 0.296 e. The summed E-state index contributed by atoms with van der Waals surface area (Å²) >= 11 is 5.05. The number of nitrogens with one attached hydrogen (secondary N) is 4. The minimum atomic E-state index is -0.372. The van der Waals surface area contributed by atoms with E-state index in [4.69, 9.17) is 17.1 Å². The number of unbranched alkanes of at least 4 members (excludes halogenated alkanes) is 1. The van der Waals surface area contributed by atoms with Crippen LogP contribution in [0.15, 0.2) is 54.6 Å². The first-order valence-corrected chi connectivity index (χ1v) is 11.7. The molecule has 0 aliphatic carbocycles. The average Bonchev–Trinajstić information content (AvgIpc) is 2.86. The van der Waals surface area contributed by atoms with E-state index in [1.54, 1.807) is 48.5 Å². The zero-order chi connectivity index (χ0) is 23.3. The Kier molecular flexibility index (Phi) is 10.1. The molecule has 2 aromatic carbocycles. The molecule has 33 heavy (non-hydrogen) atoms. The van der Waals surface area contributed by atoms with E-state index >= 15 is 0 Å². The molecule has 1 aliphatic rings. The van der Waals surface area contributed by atoms with Crippen molar-refractivity contribution < 1.29 is 14.4 Å². The number of hydrazine groups is 1. The highest BCUT2D eigenvalue weighted by Gasteiger charge is 2.10. The van der Waals surface area contributed by atoms with E-state index in [9.17, 15) is 9.59 Å². The van der Waals surface area contributed by atoms with Crippen molar-refractivity contribution in [2.75, 3.05) is 31.5 Å². The number of likely N-dealkylation sites (tertiary alicyclic amines) is 1. The summed E-state index contributed by atoms with van der Waals surface area (Å²) < 4.78 is 0. The van der Waals surface area contributed by atoms with E-state index < -0.39 is 0 Å². The number of thiocarbonyl (C=S) groups is 1. The smallest absolute Gasteiger partial charge is 0.296 e. The fourth-order valence-corrected chi connectivity index (χ4v) is 3.65. The highest BCUT2D eigenvalue weighted by Crippen LogP contribution is 2.12. The lowest BCUT2D eigenvalue weighted by molar-refractivity contribution is 0.0932. The molecule has 1 heterocycles. The highest BCUT2D eigenvalue weighted by molar-refractivity contribution is 7.80. The Hall–Kier alpha value is -3.01. The number of amides is 2. The molecule has 0 spiro atoms. The number of benzene rings is 2. The number of hydrogen-bond donors (Lipinski definition) is 4. The average molecular weight is 470 g/mol. The molecule has 0 atom stereocenters. The van der Waals surface area contributed by atoms with Crippen LogP contribution < -0.4 is 21.6 Å². The van der Waals surface area contributed by atoms with Crippen molar-refractivity contribution >= 4 is 34.9 Å². The molecular weight excluding hydrogens is 438 g/mol. The summed E-state index contributed by atoms with van der Waals surface area (Å²) in [5.41, 5.74) is 9.43. The van der Waals surface area contributed by atoms with E-state index in [1.165, 1.54) is 32.4 Å². The molecule has 0 bridgehead atoms. The molecule has 2 aromatic rings. The first kappa shape index (κ1) is 24.6. The zero-order valence-electron chi connectivity index (χ0n) is 18.6. The number of hydrogen-bond acceptors (Lipinski definition) is 6. The molecule has 0 radical (unpaired) electrons. The van der Waals surface area contributed by atoms with Gasteiger partial charge in [-0.15, -0.1) is 0 Å². The summed E-state index contributed by atoms with van der Waals surface area (Å²) in [5.74, 6) is -0.584. The largest absolute Gasteiger partial charge is 0.377 e. The maximum atomic E-state index is 12.3. The van der Waals surface area contributed by atoms with Crippen LogP contribution in [0.2, 0.25) is 0 Å². The van der Waals surface area contributed by atoms with Crippen molar-refractivity contribution in [2.24, 2.45) is 0 Å². The van der Waals surface area contributed by atoms with Gasteiger partial charge in [-0.1, -0.05) is 24.6 Å². The third-order valence-corrected chi connectivity index (χ3v) is 5.52. The highest BCUT2D eigenvalue weighted by atomic mass is 32.1. The lowest BCUT2D eigenvalue weighted by Crippen LogP contribution is -2.43. The minimum Gasteiger partial charge on any atom is -0.377 e. The van der Waals surface area contributed by atoms with Gasteiger partial charge in [-0.25, -0.2) is 0 Å². The van der Waals surface area contributed by atoms with Gasteiger partial charge in [-0.3, -0.25) is 20.4 Å². The number of rotatable bonds is 9. The van der Waals surface area contributed by atoms with E-state index in [1.807, 2.05) is 6.07 Å². The molecule has 1 fully saturated rings. The Labute approximate surface area is 200 Å². The number of hydroxylamine groups is 1. The Morgan fingerprint density at radius 2 is 1.55 bits per heavy atom. The van der Waals surface area contributed by atoms with Crippen LogP contribution in [-0.4, -0.2) is 48.1 Å². The van der Waals surface area contributed by atoms with Gasteiger partial charge < -0.3 is 15.1 Å². The Bertz CT molecular complexity index is 902. The van der Waals surface area contributed by atoms with Crippen LogP contribution in [0.5, 0.6) is 0 Å². The Balaban J connectivity index is 1.28. The SMILES string of the molecule is O=C(NNC(=S)ONCCCCN1CCCCC1)c1ccc(NC(=O)c2ccccc2)cc1. The van der Waals surface area contributed by atoms with Crippen LogP contribution >= 0.6 is 12.2 Å². The Morgan fingerprint density at radius 1 is 0.848 bits per heavy atom. The third-order valence-electron chi connectivity index (χ3n) is 5.34. The molecule has 176 valence electrons. The number of anilines is 1. The van der Waals surface area contributed by atoms with Crippen LogP contribution in [0, 0.1) is 0 Å². The van der Waals surface area contributed by atoms with Crippen molar-refractivity contribution in [1.82, 2.24) is 21.2 Å². The van der Waals surface area contributed by atoms with Crippen molar-refractivity contribution in [1.29, 1.82) is 0 Å². The van der Waals surface area contributed by atoms with Crippen molar-refractivity contribution in [3.63, 3.8) is 0 Å². The topological polar surface area (TPSA) is 94.7 Å². The van der Waals surface area contributed by atoms with Crippen molar-refractivity contribution in [3.05, 3.63) is 65.7 Å². The second kappa shape index (κ2) is 13.5. The lowest BCUT2D eigenvalue weighted by Gasteiger charge is -2.26. The molecule has 1 saturated heterocycles. The van der Waals surface area contributed by atoms with Gasteiger partial charge in [0.25, 0.3) is 17.0 Å². The second-order valence-electron chi connectivity index (χ2n) is 7.87. The fraction of sp³-hybridized carbons (Fsp3) is 0.375. The molecule has 9 heteroatoms. The minimum absolute atomic E-state index is 0.0334. The fourth-order valence-electron chi connectivity index (χ4n) is 3.54. The van der Waals surface area contributed by atoms with Gasteiger partial charge in [-0.05, 0) is 93.9 Å². The first-order chi connectivity index (χ1) is 16.1. The van der Waals surface area contributed by atoms with Gasteiger partial charge in [0, 0.05) is 23.4 Å². The van der Waals surface area contributed by atoms with Gasteiger partial charge in [0.2, 0.25) is 0 Å². The second-order valence-corrected chi connectivity index (χ2v) is 8.24. The van der Waals surface area contributed by atoms with Crippen molar-refractivity contribution in [3.8, 4) is 0 Å². The maximum absolute atomic E-state index is 12.3. The number of carbonyl (C=O) groups excluding carboxylic acids is 2. The van der Waals surface area contributed by atoms with Gasteiger partial charge >= 0.3 is 0 Å². The first-order valence-electron chi connectivity index (χ1n) is 11.3. The molecule has 1 aliphatic heterocycles. The van der Waals surface area contributed by atoms with E-state index in [2.05, 4.69) is 26.5 Å². The van der Waals surface area contributed by atoms with E-state index in [-0.39, 0.29) is 17.0 Å². The summed E-state index contributed by atoms with van der Waals surface area (Å²) in [6.45, 7) is 4.22. The standard InChI is InChI=1S/C24H31N5O3S/c30-22(19-9-3-1-4-10-19)26-21-13-11-20(12-14-21)23(31)27-28-24(33)32-25-15-5-8-18-29-16-6-2-7-17-29/h1,3-4,9-14,25H,2,5-8,15-18H2,(H,26,30)(H,27,31)(H,28,33). The van der Waals surface area contributed by atoms with Gasteiger partial charge in [0.05, 0.1) is 0 Å². The predicted octanol–water partition coefficient (Wildman–Crippen LogP) is 3.25. The van der Waals surface area contributed by atoms with E-state index in [0.29, 0.717) is 23.4 Å². The van der Waals surface area contributed by atoms with Crippen molar-refractivity contribution in [2.45, 2.75) is 32.1 Å². The molecule has 0 unspecified atom stereocenters. The number of piperidine rings is 1. The Morgan fingerprint density at radius 3 is 2.27 bits per heavy atom. The lowest BCUT2D eigenvalue weighted by atomic mass is 10.1. The molecule has 0 aromatic heterocycles. The monoisotopic (exact) mass is 469 g/mol. The normalized spacial score (nSPS) is 13.7. The summed E-state index contributed by atoms with van der Waals surface area (Å²) in [5, 5.41) is 2.83. The molecular formula is C24H31N5O3S. The zero-order valence-corrected chi connectivity index (χ0v) is 19.5. The predicted molar refractivity (Wildman–Crippen MR) is 133 cm³/mol. The van der Waals surface area contributed by atoms with Crippen LogP contribution in [0.25, 0.3) is 0 Å². The summed E-state index contributed by atoms with van der Waals surface area (Å²) in [6, 6.07) is 15.5. The van der Waals surface area contributed by atoms with E-state index in [0.717, 1.165) is 19.4 Å².